The van der Waals surface area contributed by atoms with Gasteiger partial charge in [-0.1, -0.05) is 29.8 Å². The molecule has 1 unspecified atom stereocenters. The van der Waals surface area contributed by atoms with Crippen LogP contribution in [0.3, 0.4) is 0 Å². The van der Waals surface area contributed by atoms with Gasteiger partial charge in [0.1, 0.15) is 5.75 Å². The predicted octanol–water partition coefficient (Wildman–Crippen LogP) is 2.95. The molecule has 17 heavy (non-hydrogen) atoms. The minimum Gasteiger partial charge on any atom is -0.507 e. The van der Waals surface area contributed by atoms with E-state index in [2.05, 4.69) is 0 Å². The summed E-state index contributed by atoms with van der Waals surface area (Å²) in [5, 5.41) is 9.78. The number of rotatable bonds is 2. The molecule has 0 bridgehead atoms. The van der Waals surface area contributed by atoms with Gasteiger partial charge >= 0.3 is 0 Å². The zero-order valence-corrected chi connectivity index (χ0v) is 10.1. The summed E-state index contributed by atoms with van der Waals surface area (Å²) in [5.74, 6) is 0.102. The zero-order valence-electron chi connectivity index (χ0n) is 9.25. The first-order chi connectivity index (χ1) is 8.09. The molecule has 0 saturated carbocycles. The van der Waals surface area contributed by atoms with E-state index in [1.165, 1.54) is 0 Å². The molecule has 2 aromatic rings. The number of para-hydroxylation sites is 1. The summed E-state index contributed by atoms with van der Waals surface area (Å²) in [6, 6.07) is 11.9. The van der Waals surface area contributed by atoms with Gasteiger partial charge in [-0.25, -0.2) is 4.21 Å². The van der Waals surface area contributed by atoms with Crippen LogP contribution >= 0.6 is 0 Å². The Morgan fingerprint density at radius 1 is 1.06 bits per heavy atom. The second kappa shape index (κ2) is 4.69. The maximum atomic E-state index is 11.2. The molecule has 0 amide bonds. The topological polar surface area (TPSA) is 57.5 Å². The van der Waals surface area contributed by atoms with E-state index >= 15 is 0 Å². The lowest BCUT2D eigenvalue weighted by atomic mass is 10.0. The number of aryl methyl sites for hydroxylation is 1. The first kappa shape index (κ1) is 11.8. The summed E-state index contributed by atoms with van der Waals surface area (Å²) < 4.78 is 20.5. The highest BCUT2D eigenvalue weighted by Crippen LogP contribution is 2.33. The first-order valence-corrected chi connectivity index (χ1v) is 6.20. The van der Waals surface area contributed by atoms with E-state index < -0.39 is 11.1 Å². The minimum absolute atomic E-state index is 0.102. The van der Waals surface area contributed by atoms with E-state index in [4.69, 9.17) is 0 Å². The summed E-state index contributed by atoms with van der Waals surface area (Å²) in [4.78, 5) is 0.303. The van der Waals surface area contributed by atoms with Crippen LogP contribution in [0, 0.1) is 6.92 Å². The number of hydrogen-bond acceptors (Lipinski definition) is 2. The van der Waals surface area contributed by atoms with Crippen LogP contribution in [-0.4, -0.2) is 13.9 Å². The van der Waals surface area contributed by atoms with Gasteiger partial charge < -0.3 is 9.66 Å². The Morgan fingerprint density at radius 3 is 2.41 bits per heavy atom. The molecule has 2 rings (SSSR count). The number of hydrogen-bond donors (Lipinski definition) is 2. The van der Waals surface area contributed by atoms with Crippen molar-refractivity contribution in [3.05, 3.63) is 48.0 Å². The molecule has 2 N–H and O–H groups in total. The van der Waals surface area contributed by atoms with Crippen molar-refractivity contribution in [2.45, 2.75) is 11.8 Å². The molecule has 2 aromatic carbocycles. The van der Waals surface area contributed by atoms with Gasteiger partial charge in [0.05, 0.1) is 4.90 Å². The van der Waals surface area contributed by atoms with Crippen LogP contribution in [0.5, 0.6) is 5.75 Å². The Kier molecular flexibility index (Phi) is 3.26. The predicted molar refractivity (Wildman–Crippen MR) is 67.3 cm³/mol. The summed E-state index contributed by atoms with van der Waals surface area (Å²) in [6.07, 6.45) is 0. The SMILES string of the molecule is Cc1ccc(S(=O)O)c(-c2ccccc2O)c1. The first-order valence-electron chi connectivity index (χ1n) is 5.09. The van der Waals surface area contributed by atoms with Gasteiger partial charge in [0, 0.05) is 11.1 Å². The maximum absolute atomic E-state index is 11.2. The zero-order chi connectivity index (χ0) is 12.4. The van der Waals surface area contributed by atoms with Crippen LogP contribution in [0.25, 0.3) is 11.1 Å². The lowest BCUT2D eigenvalue weighted by Gasteiger charge is -2.09. The second-order valence-corrected chi connectivity index (χ2v) is 4.70. The Hall–Kier alpha value is -1.65. The van der Waals surface area contributed by atoms with Crippen LogP contribution < -0.4 is 0 Å². The van der Waals surface area contributed by atoms with Crippen LogP contribution in [0.1, 0.15) is 5.56 Å². The number of aromatic hydroxyl groups is 1. The highest BCUT2D eigenvalue weighted by Gasteiger charge is 2.12. The Balaban J connectivity index is 2.70. The van der Waals surface area contributed by atoms with Crippen LogP contribution in [0.15, 0.2) is 47.4 Å². The van der Waals surface area contributed by atoms with E-state index in [0.29, 0.717) is 16.0 Å². The Bertz CT molecular complexity index is 579. The molecule has 0 heterocycles. The fourth-order valence-corrected chi connectivity index (χ4v) is 2.25. The molecular formula is C13H12O3S. The molecule has 0 aliphatic heterocycles. The molecule has 0 radical (unpaired) electrons. The lowest BCUT2D eigenvalue weighted by molar-refractivity contribution is 0.477. The van der Waals surface area contributed by atoms with E-state index in [-0.39, 0.29) is 5.75 Å². The van der Waals surface area contributed by atoms with E-state index in [9.17, 15) is 13.9 Å². The van der Waals surface area contributed by atoms with Crippen molar-refractivity contribution in [2.24, 2.45) is 0 Å². The molecule has 0 aliphatic carbocycles. The van der Waals surface area contributed by atoms with Crippen molar-refractivity contribution >= 4 is 11.1 Å². The summed E-state index contributed by atoms with van der Waals surface area (Å²) >= 11 is -2.07. The molecule has 1 atom stereocenters. The second-order valence-electron chi connectivity index (χ2n) is 3.77. The van der Waals surface area contributed by atoms with Crippen molar-refractivity contribution in [3.63, 3.8) is 0 Å². The van der Waals surface area contributed by atoms with Crippen LogP contribution in [0.2, 0.25) is 0 Å². The van der Waals surface area contributed by atoms with Crippen LogP contribution in [-0.2, 0) is 11.1 Å². The third-order valence-corrected chi connectivity index (χ3v) is 3.25. The molecule has 0 aromatic heterocycles. The Morgan fingerprint density at radius 2 is 1.76 bits per heavy atom. The van der Waals surface area contributed by atoms with Crippen molar-refractivity contribution in [2.75, 3.05) is 0 Å². The summed E-state index contributed by atoms with van der Waals surface area (Å²) in [5.41, 5.74) is 2.12. The van der Waals surface area contributed by atoms with Gasteiger partial charge in [-0.05, 0) is 25.1 Å². The van der Waals surface area contributed by atoms with Crippen molar-refractivity contribution < 1.29 is 13.9 Å². The van der Waals surface area contributed by atoms with Crippen molar-refractivity contribution in [3.8, 4) is 16.9 Å². The number of benzene rings is 2. The average Bonchev–Trinajstić information content (AvgIpc) is 2.29. The standard InChI is InChI=1S/C13H12O3S/c1-9-6-7-13(17(15)16)11(8-9)10-4-2-3-5-12(10)14/h2-8,14H,1H3,(H,15,16). The van der Waals surface area contributed by atoms with Gasteiger partial charge in [0.15, 0.2) is 11.1 Å². The molecular weight excluding hydrogens is 236 g/mol. The molecule has 0 aliphatic rings. The molecule has 88 valence electrons. The molecule has 4 heteroatoms. The third-order valence-electron chi connectivity index (χ3n) is 2.52. The lowest BCUT2D eigenvalue weighted by Crippen LogP contribution is -1.93. The monoisotopic (exact) mass is 248 g/mol. The minimum atomic E-state index is -2.07. The van der Waals surface area contributed by atoms with Gasteiger partial charge in [-0.2, -0.15) is 0 Å². The number of phenolic OH excluding ortho intramolecular Hbond substituents is 1. The maximum Gasteiger partial charge on any atom is 0.187 e. The van der Waals surface area contributed by atoms with Gasteiger partial charge in [0.2, 0.25) is 0 Å². The van der Waals surface area contributed by atoms with Gasteiger partial charge in [0.25, 0.3) is 0 Å². The fourth-order valence-electron chi connectivity index (χ4n) is 1.71. The highest BCUT2D eigenvalue weighted by molar-refractivity contribution is 7.79. The molecule has 0 spiro atoms. The molecule has 3 nitrogen and oxygen atoms in total. The smallest absolute Gasteiger partial charge is 0.187 e. The van der Waals surface area contributed by atoms with E-state index in [0.717, 1.165) is 5.56 Å². The highest BCUT2D eigenvalue weighted by atomic mass is 32.2. The van der Waals surface area contributed by atoms with Crippen LogP contribution in [0.4, 0.5) is 0 Å². The quantitative estimate of drug-likeness (QED) is 0.803. The van der Waals surface area contributed by atoms with E-state index in [1.54, 1.807) is 42.5 Å². The normalized spacial score (nSPS) is 12.4. The summed E-state index contributed by atoms with van der Waals surface area (Å²) in [7, 11) is 0. The molecule has 0 saturated heterocycles. The van der Waals surface area contributed by atoms with E-state index in [1.807, 2.05) is 6.92 Å². The Labute approximate surface area is 102 Å². The van der Waals surface area contributed by atoms with Crippen molar-refractivity contribution in [1.29, 1.82) is 0 Å². The average molecular weight is 248 g/mol. The number of phenols is 1. The third kappa shape index (κ3) is 2.38. The molecule has 0 fully saturated rings. The van der Waals surface area contributed by atoms with Gasteiger partial charge in [-0.15, -0.1) is 0 Å². The van der Waals surface area contributed by atoms with Gasteiger partial charge in [-0.3, -0.25) is 0 Å². The summed E-state index contributed by atoms with van der Waals surface area (Å²) in [6.45, 7) is 1.90. The fraction of sp³-hybridized carbons (Fsp3) is 0.0769. The largest absolute Gasteiger partial charge is 0.507 e. The van der Waals surface area contributed by atoms with Crippen molar-refractivity contribution in [1.82, 2.24) is 0 Å².